The van der Waals surface area contributed by atoms with Crippen molar-refractivity contribution < 1.29 is 13.9 Å². The number of hydrogen-bond donors (Lipinski definition) is 1. The van der Waals surface area contributed by atoms with Gasteiger partial charge in [0.05, 0.1) is 17.3 Å². The second-order valence-corrected chi connectivity index (χ2v) is 10.3. The van der Waals surface area contributed by atoms with E-state index in [4.69, 9.17) is 22.1 Å². The quantitative estimate of drug-likeness (QED) is 0.433. The van der Waals surface area contributed by atoms with E-state index in [0.29, 0.717) is 36.9 Å². The predicted molar refractivity (Wildman–Crippen MR) is 140 cm³/mol. The number of aromatic nitrogens is 4. The van der Waals surface area contributed by atoms with Gasteiger partial charge in [-0.3, -0.25) is 9.69 Å². The monoisotopic (exact) mass is 529 g/mol. The van der Waals surface area contributed by atoms with Crippen molar-refractivity contribution in [1.29, 1.82) is 0 Å². The van der Waals surface area contributed by atoms with Gasteiger partial charge < -0.3 is 19.9 Å². The molecule has 4 heterocycles. The summed E-state index contributed by atoms with van der Waals surface area (Å²) in [6.07, 6.45) is 9.95. The largest absolute Gasteiger partial charge is 0.476 e. The number of carbonyl (C=O) groups excluding carboxylic acids is 1. The van der Waals surface area contributed by atoms with Crippen LogP contribution in [0, 0.1) is 5.82 Å². The van der Waals surface area contributed by atoms with Crippen molar-refractivity contribution in [3.05, 3.63) is 41.3 Å². The molecule has 1 saturated carbocycles. The van der Waals surface area contributed by atoms with Crippen LogP contribution in [-0.4, -0.2) is 74.6 Å². The standard InChI is InChI=1S/C26H33ClFN7O2/c1-33(16-19-8-4-5-11-34(19)12-13-37-21-10-9-17(29)14-30-21)25(36)23-22(28)20-15-31-26(27)32-24(20)35(23)18-6-2-3-7-18/h9-10,14-15,18-19H,2-8,11-13,16,29H2,1H3. The predicted octanol–water partition coefficient (Wildman–Crippen LogP) is 4.32. The molecule has 37 heavy (non-hydrogen) atoms. The number of pyridine rings is 1. The van der Waals surface area contributed by atoms with E-state index in [2.05, 4.69) is 19.9 Å². The molecule has 11 heteroatoms. The minimum atomic E-state index is -0.569. The lowest BCUT2D eigenvalue weighted by Gasteiger charge is -2.37. The molecule has 198 valence electrons. The number of halogens is 2. The highest BCUT2D eigenvalue weighted by atomic mass is 35.5. The summed E-state index contributed by atoms with van der Waals surface area (Å²) < 4.78 is 23.2. The molecule has 1 saturated heterocycles. The molecule has 9 nitrogen and oxygen atoms in total. The minimum absolute atomic E-state index is 0.0237. The van der Waals surface area contributed by atoms with E-state index in [1.54, 1.807) is 34.8 Å². The molecule has 1 aliphatic heterocycles. The molecule has 3 aromatic heterocycles. The first-order valence-electron chi connectivity index (χ1n) is 13.0. The van der Waals surface area contributed by atoms with E-state index in [9.17, 15) is 4.79 Å². The molecule has 2 N–H and O–H groups in total. The first kappa shape index (κ1) is 25.7. The lowest BCUT2D eigenvalue weighted by Crippen LogP contribution is -2.48. The topological polar surface area (TPSA) is 102 Å². The van der Waals surface area contributed by atoms with Crippen LogP contribution in [0.25, 0.3) is 11.0 Å². The normalized spacial score (nSPS) is 18.9. The van der Waals surface area contributed by atoms with Gasteiger partial charge in [-0.05, 0) is 49.9 Å². The molecular formula is C26H33ClFN7O2. The highest BCUT2D eigenvalue weighted by Crippen LogP contribution is 2.36. The number of likely N-dealkylation sites (tertiary alicyclic amines) is 1. The van der Waals surface area contributed by atoms with Gasteiger partial charge >= 0.3 is 0 Å². The van der Waals surface area contributed by atoms with Gasteiger partial charge in [-0.2, -0.15) is 4.98 Å². The molecule has 0 aromatic carbocycles. The van der Waals surface area contributed by atoms with Crippen LogP contribution in [-0.2, 0) is 0 Å². The summed E-state index contributed by atoms with van der Waals surface area (Å²) in [5.74, 6) is -0.375. The lowest BCUT2D eigenvalue weighted by molar-refractivity contribution is 0.0640. The third-order valence-electron chi connectivity index (χ3n) is 7.51. The Labute approximate surface area is 220 Å². The molecule has 2 fully saturated rings. The summed E-state index contributed by atoms with van der Waals surface area (Å²) in [6.45, 7) is 2.62. The van der Waals surface area contributed by atoms with Crippen molar-refractivity contribution in [2.24, 2.45) is 0 Å². The van der Waals surface area contributed by atoms with Crippen LogP contribution in [0.4, 0.5) is 10.1 Å². The molecule has 1 amide bonds. The number of carbonyl (C=O) groups is 1. The average molecular weight is 530 g/mol. The Morgan fingerprint density at radius 1 is 1.19 bits per heavy atom. The summed E-state index contributed by atoms with van der Waals surface area (Å²) in [5, 5.41) is 0.284. The highest BCUT2D eigenvalue weighted by molar-refractivity contribution is 6.28. The van der Waals surface area contributed by atoms with Crippen LogP contribution in [0.3, 0.4) is 0 Å². The second-order valence-electron chi connectivity index (χ2n) is 10.00. The summed E-state index contributed by atoms with van der Waals surface area (Å²) in [5.41, 5.74) is 6.74. The van der Waals surface area contributed by atoms with E-state index < -0.39 is 5.82 Å². The third-order valence-corrected chi connectivity index (χ3v) is 7.70. The summed E-state index contributed by atoms with van der Waals surface area (Å²) in [7, 11) is 1.75. The number of ether oxygens (including phenoxy) is 1. The maximum atomic E-state index is 15.7. The number of nitrogens with zero attached hydrogens (tertiary/aromatic N) is 6. The van der Waals surface area contributed by atoms with Crippen LogP contribution in [0.2, 0.25) is 5.28 Å². The Balaban J connectivity index is 1.31. The number of fused-ring (bicyclic) bond motifs is 1. The zero-order valence-corrected chi connectivity index (χ0v) is 21.8. The van der Waals surface area contributed by atoms with Crippen LogP contribution in [0.1, 0.15) is 61.5 Å². The molecular weight excluding hydrogens is 497 g/mol. The number of nitrogens with two attached hydrogens (primary N) is 1. The number of nitrogen functional groups attached to an aromatic ring is 1. The van der Waals surface area contributed by atoms with Gasteiger partial charge in [0.2, 0.25) is 11.2 Å². The van der Waals surface area contributed by atoms with E-state index in [1.165, 1.54) is 6.20 Å². The van der Waals surface area contributed by atoms with Crippen molar-refractivity contribution in [3.8, 4) is 5.88 Å². The van der Waals surface area contributed by atoms with E-state index >= 15 is 4.39 Å². The second kappa shape index (κ2) is 11.2. The fourth-order valence-corrected chi connectivity index (χ4v) is 5.76. The van der Waals surface area contributed by atoms with Gasteiger partial charge in [0, 0.05) is 44.5 Å². The summed E-state index contributed by atoms with van der Waals surface area (Å²) >= 11 is 6.06. The summed E-state index contributed by atoms with van der Waals surface area (Å²) in [4.78, 5) is 30.2. The zero-order chi connectivity index (χ0) is 25.9. The highest BCUT2D eigenvalue weighted by Gasteiger charge is 2.33. The molecule has 0 bridgehead atoms. The van der Waals surface area contributed by atoms with E-state index in [0.717, 1.165) is 51.5 Å². The van der Waals surface area contributed by atoms with Gasteiger partial charge in [0.15, 0.2) is 5.82 Å². The van der Waals surface area contributed by atoms with Gasteiger partial charge in [-0.15, -0.1) is 0 Å². The van der Waals surface area contributed by atoms with Crippen molar-refractivity contribution in [2.45, 2.75) is 57.0 Å². The van der Waals surface area contributed by atoms with Crippen LogP contribution in [0.15, 0.2) is 24.5 Å². The van der Waals surface area contributed by atoms with Crippen molar-refractivity contribution in [2.75, 3.05) is 39.0 Å². The Hall–Kier alpha value is -2.98. The number of rotatable bonds is 8. The number of amides is 1. The molecule has 1 unspecified atom stereocenters. The minimum Gasteiger partial charge on any atom is -0.476 e. The van der Waals surface area contributed by atoms with Gasteiger partial charge in [-0.25, -0.2) is 14.4 Å². The number of likely N-dealkylation sites (N-methyl/N-ethyl adjacent to an activating group) is 1. The lowest BCUT2D eigenvalue weighted by atomic mass is 10.0. The third kappa shape index (κ3) is 5.50. The smallest absolute Gasteiger partial charge is 0.273 e. The summed E-state index contributed by atoms with van der Waals surface area (Å²) in [6, 6.07) is 3.70. The molecule has 3 aromatic rings. The zero-order valence-electron chi connectivity index (χ0n) is 21.1. The van der Waals surface area contributed by atoms with Gasteiger partial charge in [0.1, 0.15) is 17.9 Å². The van der Waals surface area contributed by atoms with Gasteiger partial charge in [0.25, 0.3) is 5.91 Å². The fourth-order valence-electron chi connectivity index (χ4n) is 5.63. The number of piperidine rings is 1. The van der Waals surface area contributed by atoms with Crippen molar-refractivity contribution in [1.82, 2.24) is 29.3 Å². The van der Waals surface area contributed by atoms with Crippen molar-refractivity contribution >= 4 is 34.2 Å². The van der Waals surface area contributed by atoms with E-state index in [1.807, 2.05) is 0 Å². The Kier molecular flexibility index (Phi) is 7.76. The average Bonchev–Trinajstić information content (AvgIpc) is 3.52. The molecule has 1 atom stereocenters. The molecule has 0 spiro atoms. The Bertz CT molecular complexity index is 1250. The Morgan fingerprint density at radius 2 is 1.97 bits per heavy atom. The maximum absolute atomic E-state index is 15.7. The van der Waals surface area contributed by atoms with Crippen LogP contribution >= 0.6 is 11.6 Å². The first-order valence-corrected chi connectivity index (χ1v) is 13.4. The number of hydrogen-bond acceptors (Lipinski definition) is 7. The van der Waals surface area contributed by atoms with Crippen molar-refractivity contribution in [3.63, 3.8) is 0 Å². The van der Waals surface area contributed by atoms with E-state index in [-0.39, 0.29) is 34.4 Å². The maximum Gasteiger partial charge on any atom is 0.273 e. The van der Waals surface area contributed by atoms with Gasteiger partial charge in [-0.1, -0.05) is 19.3 Å². The molecule has 1 aliphatic carbocycles. The fraction of sp³-hybridized carbons (Fsp3) is 0.538. The molecule has 0 radical (unpaired) electrons. The van der Waals surface area contributed by atoms with Crippen LogP contribution < -0.4 is 10.5 Å². The number of anilines is 1. The molecule has 5 rings (SSSR count). The SMILES string of the molecule is CN(CC1CCCCN1CCOc1ccc(N)cn1)C(=O)c1c(F)c2cnc(Cl)nc2n1C1CCCC1. The van der Waals surface area contributed by atoms with Crippen LogP contribution in [0.5, 0.6) is 5.88 Å². The molecule has 2 aliphatic rings. The Morgan fingerprint density at radius 3 is 2.73 bits per heavy atom. The first-order chi connectivity index (χ1) is 17.9.